The number of rotatable bonds is 0. The van der Waals surface area contributed by atoms with Crippen molar-refractivity contribution in [1.29, 1.82) is 0 Å². The molecule has 0 N–H and O–H groups in total. The second kappa shape index (κ2) is 2.52. The van der Waals surface area contributed by atoms with E-state index in [-0.39, 0.29) is 0 Å². The van der Waals surface area contributed by atoms with Crippen LogP contribution in [0.25, 0.3) is 0 Å². The van der Waals surface area contributed by atoms with Crippen LogP contribution < -0.4 is 3.73 Å². The van der Waals surface area contributed by atoms with Gasteiger partial charge in [0.1, 0.15) is 0 Å². The van der Waals surface area contributed by atoms with Crippen LogP contribution in [0.4, 0.5) is 0 Å². The third-order valence-corrected chi connectivity index (χ3v) is 4.78. The monoisotopic (exact) mass is 214 g/mol. The van der Waals surface area contributed by atoms with Crippen LogP contribution in [0.15, 0.2) is 24.3 Å². The third-order valence-electron chi connectivity index (χ3n) is 1.48. The summed E-state index contributed by atoms with van der Waals surface area (Å²) in [6.07, 6.45) is 0. The second-order valence-electron chi connectivity index (χ2n) is 2.21. The van der Waals surface area contributed by atoms with Crippen molar-refractivity contribution in [3.05, 3.63) is 29.8 Å². The van der Waals surface area contributed by atoms with Crippen LogP contribution in [0.3, 0.4) is 0 Å². The quantitative estimate of drug-likeness (QED) is 0.509. The van der Waals surface area contributed by atoms with Gasteiger partial charge in [-0.15, -0.1) is 0 Å². The van der Waals surface area contributed by atoms with Crippen LogP contribution >= 0.6 is 10.9 Å². The van der Waals surface area contributed by atoms with Gasteiger partial charge in [0, 0.05) is 0 Å². The van der Waals surface area contributed by atoms with E-state index in [0.717, 1.165) is 11.0 Å². The van der Waals surface area contributed by atoms with E-state index in [1.807, 2.05) is 18.2 Å². The van der Waals surface area contributed by atoms with Gasteiger partial charge in [0.05, 0.1) is 0 Å². The molecule has 52 valence electrons. The van der Waals surface area contributed by atoms with Crippen molar-refractivity contribution in [1.82, 2.24) is 0 Å². The number of hydrogen-bond acceptors (Lipinski definition) is 2. The Balaban J connectivity index is 2.42. The van der Waals surface area contributed by atoms with Crippen molar-refractivity contribution in [2.24, 2.45) is 0 Å². The molecule has 0 bridgehead atoms. The number of para-hydroxylation sites is 1. The van der Waals surface area contributed by atoms with Gasteiger partial charge >= 0.3 is 69.2 Å². The van der Waals surface area contributed by atoms with E-state index in [9.17, 15) is 0 Å². The van der Waals surface area contributed by atoms with E-state index < -0.39 is 13.8 Å². The van der Waals surface area contributed by atoms with Gasteiger partial charge in [0.15, 0.2) is 0 Å². The number of benzene rings is 1. The van der Waals surface area contributed by atoms with Gasteiger partial charge < -0.3 is 0 Å². The maximum absolute atomic E-state index is 5.52. The van der Waals surface area contributed by atoms with E-state index in [1.165, 1.54) is 5.56 Å². The van der Waals surface area contributed by atoms with Gasteiger partial charge in [-0.3, -0.25) is 0 Å². The van der Waals surface area contributed by atoms with Gasteiger partial charge in [0.2, 0.25) is 0 Å². The Bertz CT molecular complexity index is 226. The summed E-state index contributed by atoms with van der Waals surface area (Å²) in [6.45, 7) is 0. The summed E-state index contributed by atoms with van der Waals surface area (Å²) in [7, 11) is 4.36. The molecule has 0 aliphatic carbocycles. The van der Waals surface area contributed by atoms with Gasteiger partial charge in [-0.1, -0.05) is 0 Å². The van der Waals surface area contributed by atoms with Crippen LogP contribution in [-0.2, 0) is 5.21 Å². The Morgan fingerprint density at radius 2 is 2.20 bits per heavy atom. The zero-order valence-electron chi connectivity index (χ0n) is 5.32. The van der Waals surface area contributed by atoms with Crippen molar-refractivity contribution >= 4 is 24.7 Å². The number of fused-ring (bicyclic) bond motifs is 1. The zero-order valence-corrected chi connectivity index (χ0v) is 8.09. The van der Waals surface area contributed by atoms with Crippen molar-refractivity contribution in [2.75, 3.05) is 0 Å². The van der Waals surface area contributed by atoms with E-state index in [1.54, 1.807) is 0 Å². The zero-order chi connectivity index (χ0) is 6.97. The predicted octanol–water partition coefficient (Wildman–Crippen LogP) is 1.58. The van der Waals surface area contributed by atoms with Crippen LogP contribution in [0.5, 0.6) is 5.75 Å². The molecule has 1 heterocycles. The molecular weight excluding hydrogens is 207 g/mol. The summed E-state index contributed by atoms with van der Waals surface area (Å²) < 4.78 is 5.52. The van der Waals surface area contributed by atoms with E-state index in [2.05, 4.69) is 17.0 Å². The Labute approximate surface area is 69.4 Å². The molecule has 3 heteroatoms. The molecule has 0 fully saturated rings. The molecule has 1 aliphatic heterocycles. The maximum atomic E-state index is 5.52. The first-order chi connectivity index (χ1) is 4.86. The number of hydrogen-bond donors (Lipinski definition) is 1. The average Bonchev–Trinajstić information content (AvgIpc) is 2.27. The van der Waals surface area contributed by atoms with Gasteiger partial charge in [-0.25, -0.2) is 0 Å². The van der Waals surface area contributed by atoms with Crippen molar-refractivity contribution in [3.8, 4) is 5.75 Å². The summed E-state index contributed by atoms with van der Waals surface area (Å²) >= 11 is -1.20. The normalized spacial score (nSPS) is 21.9. The molecule has 1 aromatic carbocycles. The summed E-state index contributed by atoms with van der Waals surface area (Å²) in [5.41, 5.74) is 1.33. The fourth-order valence-corrected chi connectivity index (χ4v) is 4.41. The molecular formula is C7H7AsOS. The average molecular weight is 214 g/mol. The third kappa shape index (κ3) is 1.06. The SMILES string of the molecule is S[As]1Cc2ccccc2O1. The Morgan fingerprint density at radius 1 is 1.40 bits per heavy atom. The molecule has 0 saturated heterocycles. The Kier molecular flexibility index (Phi) is 1.67. The van der Waals surface area contributed by atoms with Gasteiger partial charge in [-0.05, 0) is 0 Å². The molecule has 1 nitrogen and oxygen atoms in total. The summed E-state index contributed by atoms with van der Waals surface area (Å²) in [5, 5.41) is 1.08. The van der Waals surface area contributed by atoms with E-state index in [4.69, 9.17) is 3.73 Å². The molecule has 1 aromatic rings. The van der Waals surface area contributed by atoms with E-state index >= 15 is 0 Å². The van der Waals surface area contributed by atoms with Gasteiger partial charge in [-0.2, -0.15) is 0 Å². The first kappa shape index (κ1) is 6.63. The van der Waals surface area contributed by atoms with Crippen molar-refractivity contribution in [2.45, 2.75) is 5.21 Å². The molecule has 0 saturated carbocycles. The second-order valence-corrected chi connectivity index (χ2v) is 7.05. The first-order valence-corrected chi connectivity index (χ1v) is 8.09. The molecule has 0 spiro atoms. The summed E-state index contributed by atoms with van der Waals surface area (Å²) in [6, 6.07) is 8.17. The molecule has 1 atom stereocenters. The molecule has 10 heavy (non-hydrogen) atoms. The van der Waals surface area contributed by atoms with Crippen LogP contribution in [0, 0.1) is 0 Å². The minimum atomic E-state index is -1.20. The molecule has 1 unspecified atom stereocenters. The molecule has 2 rings (SSSR count). The van der Waals surface area contributed by atoms with Gasteiger partial charge in [0.25, 0.3) is 0 Å². The number of thiol groups is 1. The first-order valence-electron chi connectivity index (χ1n) is 3.08. The molecule has 0 radical (unpaired) electrons. The fourth-order valence-electron chi connectivity index (χ4n) is 1.02. The fraction of sp³-hybridized carbons (Fsp3) is 0.143. The minimum absolute atomic E-state index is 1.05. The van der Waals surface area contributed by atoms with Crippen molar-refractivity contribution < 1.29 is 3.73 Å². The van der Waals surface area contributed by atoms with Crippen LogP contribution in [0.1, 0.15) is 5.56 Å². The Hall–Kier alpha value is -0.0716. The summed E-state index contributed by atoms with van der Waals surface area (Å²) in [5.74, 6) is 1.05. The standard InChI is InChI=1S/C7H7AsOS/c10-8-5-6-3-1-2-4-7(6)9-8/h1-4,10H,5H2. The predicted molar refractivity (Wildman–Crippen MR) is 45.5 cm³/mol. The van der Waals surface area contributed by atoms with Crippen LogP contribution in [0.2, 0.25) is 0 Å². The topological polar surface area (TPSA) is 9.23 Å². The molecule has 0 amide bonds. The van der Waals surface area contributed by atoms with Crippen LogP contribution in [-0.4, -0.2) is 13.8 Å². The van der Waals surface area contributed by atoms with Crippen molar-refractivity contribution in [3.63, 3.8) is 0 Å². The Morgan fingerprint density at radius 3 is 3.00 bits per heavy atom. The summed E-state index contributed by atoms with van der Waals surface area (Å²) in [4.78, 5) is 0. The molecule has 1 aliphatic rings. The molecule has 0 aromatic heterocycles. The van der Waals surface area contributed by atoms with E-state index in [0.29, 0.717) is 0 Å².